The van der Waals surface area contributed by atoms with E-state index in [1.54, 1.807) is 18.2 Å². The molecule has 1 N–H and O–H groups in total. The average molecular weight is 427 g/mol. The molecule has 0 unspecified atom stereocenters. The first-order valence-corrected chi connectivity index (χ1v) is 8.30. The Hall–Kier alpha value is -1.17. The first kappa shape index (κ1) is 19.2. The molecule has 0 aliphatic rings. The van der Waals surface area contributed by atoms with Crippen LogP contribution in [-0.2, 0) is 4.79 Å². The molecular weight excluding hydrogens is 417 g/mol. The fourth-order valence-electron chi connectivity index (χ4n) is 1.62. The molecule has 0 aliphatic carbocycles. The van der Waals surface area contributed by atoms with Crippen LogP contribution in [0.3, 0.4) is 0 Å². The largest absolute Gasteiger partial charge is 0.481 e. The van der Waals surface area contributed by atoms with Gasteiger partial charge in [-0.2, -0.15) is 5.10 Å². The topological polar surface area (TPSA) is 50.7 Å². The van der Waals surface area contributed by atoms with Crippen LogP contribution >= 0.6 is 58.0 Å². The Balaban J connectivity index is 1.91. The fraction of sp³-hybridized carbons (Fsp3) is 0.0667. The summed E-state index contributed by atoms with van der Waals surface area (Å²) in [7, 11) is 0. The van der Waals surface area contributed by atoms with E-state index in [1.807, 2.05) is 0 Å². The first-order chi connectivity index (χ1) is 11.4. The van der Waals surface area contributed by atoms with Gasteiger partial charge in [-0.1, -0.05) is 64.1 Å². The molecule has 0 saturated carbocycles. The van der Waals surface area contributed by atoms with Gasteiger partial charge in [0.2, 0.25) is 0 Å². The van der Waals surface area contributed by atoms with Crippen LogP contribution in [0, 0.1) is 0 Å². The van der Waals surface area contributed by atoms with Crippen molar-refractivity contribution >= 4 is 70.1 Å². The molecule has 0 aromatic heterocycles. The second-order valence-corrected chi connectivity index (χ2v) is 6.54. The van der Waals surface area contributed by atoms with E-state index in [0.717, 1.165) is 0 Å². The van der Waals surface area contributed by atoms with Crippen LogP contribution in [-0.4, -0.2) is 18.7 Å². The van der Waals surface area contributed by atoms with E-state index in [9.17, 15) is 4.79 Å². The molecule has 2 aromatic carbocycles. The van der Waals surface area contributed by atoms with Gasteiger partial charge in [0.15, 0.2) is 12.4 Å². The number of amides is 1. The normalized spacial score (nSPS) is 10.9. The standard InChI is InChI=1S/C15H9Cl5N2O2/c16-9-2-1-8(11(18)3-9)6-21-22-14(23)7-24-15-12(19)4-10(17)5-13(15)20/h1-6H,7H2,(H,22,23)/b21-6+. The third-order valence-corrected chi connectivity index (χ3v) is 4.01. The molecule has 0 fully saturated rings. The second-order valence-electron chi connectivity index (χ2n) is 4.45. The third-order valence-electron chi connectivity index (χ3n) is 2.67. The molecular formula is C15H9Cl5N2O2. The lowest BCUT2D eigenvalue weighted by Crippen LogP contribution is -2.24. The van der Waals surface area contributed by atoms with Crippen LogP contribution in [0.15, 0.2) is 35.4 Å². The molecule has 0 spiro atoms. The Morgan fingerprint density at radius 1 is 1.00 bits per heavy atom. The highest BCUT2D eigenvalue weighted by Gasteiger charge is 2.11. The number of nitrogens with one attached hydrogen (secondary N) is 1. The Morgan fingerprint density at radius 2 is 1.62 bits per heavy atom. The number of halogens is 5. The number of hydrogen-bond donors (Lipinski definition) is 1. The van der Waals surface area contributed by atoms with E-state index in [1.165, 1.54) is 18.3 Å². The van der Waals surface area contributed by atoms with E-state index in [2.05, 4.69) is 10.5 Å². The van der Waals surface area contributed by atoms with Crippen molar-refractivity contribution < 1.29 is 9.53 Å². The zero-order chi connectivity index (χ0) is 17.7. The lowest BCUT2D eigenvalue weighted by Gasteiger charge is -2.09. The SMILES string of the molecule is O=C(COc1c(Cl)cc(Cl)cc1Cl)N/N=C/c1ccc(Cl)cc1Cl. The van der Waals surface area contributed by atoms with Crippen LogP contribution in [0.2, 0.25) is 25.1 Å². The van der Waals surface area contributed by atoms with Crippen LogP contribution in [0.25, 0.3) is 0 Å². The smallest absolute Gasteiger partial charge is 0.277 e. The first-order valence-electron chi connectivity index (χ1n) is 6.41. The van der Waals surface area contributed by atoms with Crippen molar-refractivity contribution in [1.29, 1.82) is 0 Å². The van der Waals surface area contributed by atoms with Gasteiger partial charge >= 0.3 is 0 Å². The minimum atomic E-state index is -0.501. The van der Waals surface area contributed by atoms with Gasteiger partial charge < -0.3 is 4.74 Å². The number of rotatable bonds is 5. The Labute approximate surface area is 163 Å². The van der Waals surface area contributed by atoms with Crippen LogP contribution in [0.1, 0.15) is 5.56 Å². The molecule has 2 rings (SSSR count). The van der Waals surface area contributed by atoms with Gasteiger partial charge in [0.1, 0.15) is 0 Å². The monoisotopic (exact) mass is 424 g/mol. The lowest BCUT2D eigenvalue weighted by molar-refractivity contribution is -0.123. The number of ether oxygens (including phenoxy) is 1. The van der Waals surface area contributed by atoms with Crippen LogP contribution < -0.4 is 10.2 Å². The van der Waals surface area contributed by atoms with Crippen molar-refractivity contribution in [1.82, 2.24) is 5.43 Å². The van der Waals surface area contributed by atoms with E-state index in [0.29, 0.717) is 20.6 Å². The van der Waals surface area contributed by atoms with Crippen molar-refractivity contribution in [2.45, 2.75) is 0 Å². The van der Waals surface area contributed by atoms with Crippen LogP contribution in [0.4, 0.5) is 0 Å². The molecule has 126 valence electrons. The number of benzene rings is 2. The molecule has 0 radical (unpaired) electrons. The Morgan fingerprint density at radius 3 is 2.25 bits per heavy atom. The Kier molecular flexibility index (Phi) is 7.02. The van der Waals surface area contributed by atoms with Crippen molar-refractivity contribution in [2.24, 2.45) is 5.10 Å². The van der Waals surface area contributed by atoms with E-state index >= 15 is 0 Å². The number of hydrazone groups is 1. The quantitative estimate of drug-likeness (QED) is 0.508. The van der Waals surface area contributed by atoms with Gasteiger partial charge in [0.25, 0.3) is 5.91 Å². The summed E-state index contributed by atoms with van der Waals surface area (Å²) in [5.74, 6) is -0.332. The minimum absolute atomic E-state index is 0.169. The van der Waals surface area contributed by atoms with Gasteiger partial charge in [-0.05, 0) is 24.3 Å². The van der Waals surface area contributed by atoms with Gasteiger partial charge in [-0.15, -0.1) is 0 Å². The van der Waals surface area contributed by atoms with Gasteiger partial charge in [0.05, 0.1) is 21.3 Å². The third kappa shape index (κ3) is 5.43. The second kappa shape index (κ2) is 8.79. The van der Waals surface area contributed by atoms with Crippen molar-refractivity contribution in [3.8, 4) is 5.75 Å². The number of hydrogen-bond acceptors (Lipinski definition) is 3. The predicted octanol–water partition coefficient (Wildman–Crippen LogP) is 5.48. The van der Waals surface area contributed by atoms with E-state index < -0.39 is 5.91 Å². The summed E-state index contributed by atoms with van der Waals surface area (Å²) in [6.07, 6.45) is 1.39. The number of nitrogens with zero attached hydrogens (tertiary/aromatic N) is 1. The molecule has 24 heavy (non-hydrogen) atoms. The average Bonchev–Trinajstić information content (AvgIpc) is 2.48. The van der Waals surface area contributed by atoms with Gasteiger partial charge in [-0.3, -0.25) is 4.79 Å². The molecule has 0 atom stereocenters. The van der Waals surface area contributed by atoms with Gasteiger partial charge in [0, 0.05) is 15.6 Å². The van der Waals surface area contributed by atoms with Crippen molar-refractivity contribution in [2.75, 3.05) is 6.61 Å². The summed E-state index contributed by atoms with van der Waals surface area (Å²) in [5.41, 5.74) is 2.90. The highest BCUT2D eigenvalue weighted by atomic mass is 35.5. The number of carbonyl (C=O) groups excluding carboxylic acids is 1. The summed E-state index contributed by atoms with van der Waals surface area (Å²) in [4.78, 5) is 11.7. The molecule has 1 amide bonds. The summed E-state index contributed by atoms with van der Waals surface area (Å²) < 4.78 is 5.27. The highest BCUT2D eigenvalue weighted by molar-refractivity contribution is 6.40. The summed E-state index contributed by atoms with van der Waals surface area (Å²) in [6.45, 7) is -0.327. The molecule has 0 bridgehead atoms. The van der Waals surface area contributed by atoms with E-state index in [-0.39, 0.29) is 22.4 Å². The maximum atomic E-state index is 11.7. The fourth-order valence-corrected chi connectivity index (χ4v) is 3.00. The maximum absolute atomic E-state index is 11.7. The molecule has 2 aromatic rings. The van der Waals surface area contributed by atoms with Crippen molar-refractivity contribution in [3.05, 3.63) is 61.0 Å². The minimum Gasteiger partial charge on any atom is -0.481 e. The van der Waals surface area contributed by atoms with Crippen LogP contribution in [0.5, 0.6) is 5.75 Å². The molecule has 0 saturated heterocycles. The Bertz CT molecular complexity index is 772. The van der Waals surface area contributed by atoms with E-state index in [4.69, 9.17) is 62.7 Å². The summed E-state index contributed by atoms with van der Waals surface area (Å²) >= 11 is 29.5. The summed E-state index contributed by atoms with van der Waals surface area (Å²) in [6, 6.07) is 7.82. The predicted molar refractivity (Wildman–Crippen MR) is 99.2 cm³/mol. The van der Waals surface area contributed by atoms with Gasteiger partial charge in [-0.25, -0.2) is 5.43 Å². The summed E-state index contributed by atoms with van der Waals surface area (Å²) in [5, 5.41) is 5.48. The molecule has 4 nitrogen and oxygen atoms in total. The zero-order valence-corrected chi connectivity index (χ0v) is 15.6. The lowest BCUT2D eigenvalue weighted by atomic mass is 10.2. The maximum Gasteiger partial charge on any atom is 0.277 e. The molecule has 9 heteroatoms. The molecule has 0 aliphatic heterocycles. The number of carbonyl (C=O) groups is 1. The van der Waals surface area contributed by atoms with Crippen molar-refractivity contribution in [3.63, 3.8) is 0 Å². The highest BCUT2D eigenvalue weighted by Crippen LogP contribution is 2.35. The molecule has 0 heterocycles. The zero-order valence-electron chi connectivity index (χ0n) is 11.8.